The average Bonchev–Trinajstić information content (AvgIpc) is 2.61. The summed E-state index contributed by atoms with van der Waals surface area (Å²) in [4.78, 5) is 17.0. The van der Waals surface area contributed by atoms with Crippen molar-refractivity contribution in [3.05, 3.63) is 64.1 Å². The molecule has 0 atom stereocenters. The maximum Gasteiger partial charge on any atom is 0.256 e. The van der Waals surface area contributed by atoms with E-state index < -0.39 is 5.72 Å². The van der Waals surface area contributed by atoms with Gasteiger partial charge in [-0.2, -0.15) is 5.26 Å². The Morgan fingerprint density at radius 1 is 1.26 bits per heavy atom. The molecule has 1 aromatic carbocycles. The quantitative estimate of drug-likeness (QED) is 0.856. The van der Waals surface area contributed by atoms with Crippen LogP contribution >= 0.6 is 0 Å². The van der Waals surface area contributed by atoms with Gasteiger partial charge in [0.2, 0.25) is 5.72 Å². The SMILES string of the molecule is CCC1(CC)N=C(n2ccccc2=O)c2cc(C#N)ccc2O1. The maximum atomic E-state index is 12.2. The average molecular weight is 307 g/mol. The molecule has 1 aliphatic heterocycles. The van der Waals surface area contributed by atoms with E-state index in [2.05, 4.69) is 6.07 Å². The number of aromatic nitrogens is 1. The zero-order chi connectivity index (χ0) is 16.4. The van der Waals surface area contributed by atoms with E-state index in [1.807, 2.05) is 13.8 Å². The molecule has 0 N–H and O–H groups in total. The van der Waals surface area contributed by atoms with E-state index in [0.29, 0.717) is 35.6 Å². The van der Waals surface area contributed by atoms with E-state index in [0.717, 1.165) is 0 Å². The van der Waals surface area contributed by atoms with Crippen LogP contribution in [0.1, 0.15) is 37.8 Å². The van der Waals surface area contributed by atoms with Crippen LogP contribution < -0.4 is 10.3 Å². The lowest BCUT2D eigenvalue weighted by Gasteiger charge is -2.34. The molecule has 0 saturated heterocycles. The van der Waals surface area contributed by atoms with Crippen LogP contribution in [-0.4, -0.2) is 16.1 Å². The summed E-state index contributed by atoms with van der Waals surface area (Å²) in [5, 5.41) is 9.15. The van der Waals surface area contributed by atoms with Crippen LogP contribution in [0.15, 0.2) is 52.4 Å². The molecular weight excluding hydrogens is 290 g/mol. The molecule has 0 unspecified atom stereocenters. The summed E-state index contributed by atoms with van der Waals surface area (Å²) in [6, 6.07) is 12.3. The van der Waals surface area contributed by atoms with E-state index in [9.17, 15) is 4.79 Å². The van der Waals surface area contributed by atoms with E-state index in [-0.39, 0.29) is 5.56 Å². The number of hydrogen-bond acceptors (Lipinski definition) is 4. The third kappa shape index (κ3) is 2.53. The molecule has 0 amide bonds. The molecule has 0 radical (unpaired) electrons. The Labute approximate surface area is 134 Å². The largest absolute Gasteiger partial charge is 0.465 e. The van der Waals surface area contributed by atoms with Crippen molar-refractivity contribution in [3.8, 4) is 11.8 Å². The number of fused-ring (bicyclic) bond motifs is 1. The van der Waals surface area contributed by atoms with Crippen molar-refractivity contribution < 1.29 is 4.74 Å². The van der Waals surface area contributed by atoms with Crippen molar-refractivity contribution in [2.24, 2.45) is 4.99 Å². The Balaban J connectivity index is 2.29. The second kappa shape index (κ2) is 5.73. The number of nitriles is 1. The molecule has 5 heteroatoms. The lowest BCUT2D eigenvalue weighted by atomic mass is 10.0. The van der Waals surface area contributed by atoms with Gasteiger partial charge in [0.15, 0.2) is 0 Å². The Kier molecular flexibility index (Phi) is 3.75. The van der Waals surface area contributed by atoms with Crippen molar-refractivity contribution in [3.63, 3.8) is 0 Å². The first-order chi connectivity index (χ1) is 11.1. The highest BCUT2D eigenvalue weighted by Crippen LogP contribution is 2.35. The number of ether oxygens (including phenoxy) is 1. The monoisotopic (exact) mass is 307 g/mol. The first-order valence-corrected chi connectivity index (χ1v) is 7.64. The first kappa shape index (κ1) is 15.0. The molecule has 0 bridgehead atoms. The minimum atomic E-state index is -0.689. The van der Waals surface area contributed by atoms with Gasteiger partial charge < -0.3 is 4.74 Å². The number of aliphatic imine (C=N–C) groups is 1. The van der Waals surface area contributed by atoms with Crippen molar-refractivity contribution in [1.82, 2.24) is 4.57 Å². The van der Waals surface area contributed by atoms with E-state index >= 15 is 0 Å². The molecule has 0 saturated carbocycles. The van der Waals surface area contributed by atoms with Gasteiger partial charge in [0.1, 0.15) is 11.6 Å². The van der Waals surface area contributed by atoms with Crippen LogP contribution in [0, 0.1) is 11.3 Å². The fourth-order valence-corrected chi connectivity index (χ4v) is 2.68. The predicted octanol–water partition coefficient (Wildman–Crippen LogP) is 2.92. The summed E-state index contributed by atoms with van der Waals surface area (Å²) < 4.78 is 7.60. The zero-order valence-corrected chi connectivity index (χ0v) is 13.1. The lowest BCUT2D eigenvalue weighted by molar-refractivity contribution is 0.0651. The van der Waals surface area contributed by atoms with Crippen molar-refractivity contribution in [1.29, 1.82) is 5.26 Å². The van der Waals surface area contributed by atoms with Gasteiger partial charge in [-0.1, -0.05) is 19.9 Å². The van der Waals surface area contributed by atoms with Gasteiger partial charge in [-0.05, 0) is 24.3 Å². The Morgan fingerprint density at radius 2 is 2.04 bits per heavy atom. The molecule has 0 spiro atoms. The molecule has 116 valence electrons. The van der Waals surface area contributed by atoms with Gasteiger partial charge in [-0.15, -0.1) is 0 Å². The highest BCUT2D eigenvalue weighted by molar-refractivity contribution is 6.03. The van der Waals surface area contributed by atoms with Gasteiger partial charge in [-0.3, -0.25) is 9.36 Å². The number of benzene rings is 1. The van der Waals surface area contributed by atoms with Crippen LogP contribution in [0.3, 0.4) is 0 Å². The summed E-state index contributed by atoms with van der Waals surface area (Å²) in [5.74, 6) is 1.17. The fourth-order valence-electron chi connectivity index (χ4n) is 2.68. The summed E-state index contributed by atoms with van der Waals surface area (Å²) in [6.07, 6.45) is 3.06. The van der Waals surface area contributed by atoms with Gasteiger partial charge in [0.05, 0.1) is 17.2 Å². The predicted molar refractivity (Wildman–Crippen MR) is 87.7 cm³/mol. The molecule has 1 aliphatic rings. The van der Waals surface area contributed by atoms with Crippen molar-refractivity contribution in [2.45, 2.75) is 32.4 Å². The second-order valence-corrected chi connectivity index (χ2v) is 5.42. The maximum absolute atomic E-state index is 12.2. The minimum absolute atomic E-state index is 0.164. The summed E-state index contributed by atoms with van der Waals surface area (Å²) >= 11 is 0. The number of rotatable bonds is 2. The Morgan fingerprint density at radius 3 is 2.70 bits per heavy atom. The molecule has 2 heterocycles. The van der Waals surface area contributed by atoms with Crippen molar-refractivity contribution in [2.75, 3.05) is 0 Å². The topological polar surface area (TPSA) is 67.4 Å². The molecule has 23 heavy (non-hydrogen) atoms. The lowest BCUT2D eigenvalue weighted by Crippen LogP contribution is -2.41. The minimum Gasteiger partial charge on any atom is -0.465 e. The highest BCUT2D eigenvalue weighted by atomic mass is 16.5. The molecule has 5 nitrogen and oxygen atoms in total. The summed E-state index contributed by atoms with van der Waals surface area (Å²) in [5.41, 5.74) is 0.313. The number of pyridine rings is 1. The molecule has 3 rings (SSSR count). The fraction of sp³-hybridized carbons (Fsp3) is 0.278. The standard InChI is InChI=1S/C18H17N3O2/c1-3-18(4-2)20-17(21-10-6-5-7-16(21)22)14-11-13(12-19)8-9-15(14)23-18/h5-11H,3-4H2,1-2H3. The summed E-state index contributed by atoms with van der Waals surface area (Å²) in [7, 11) is 0. The normalized spacial score (nSPS) is 15.1. The van der Waals surface area contributed by atoms with Gasteiger partial charge in [-0.25, -0.2) is 4.99 Å². The second-order valence-electron chi connectivity index (χ2n) is 5.42. The van der Waals surface area contributed by atoms with Gasteiger partial charge in [0, 0.05) is 25.1 Å². The molecule has 2 aromatic rings. The number of hydrogen-bond donors (Lipinski definition) is 0. The summed E-state index contributed by atoms with van der Waals surface area (Å²) in [6.45, 7) is 4.01. The molecule has 1 aromatic heterocycles. The van der Waals surface area contributed by atoms with Crippen molar-refractivity contribution >= 4 is 5.84 Å². The number of nitrogens with zero attached hydrogens (tertiary/aromatic N) is 3. The third-order valence-corrected chi connectivity index (χ3v) is 4.11. The molecular formula is C18H17N3O2. The third-order valence-electron chi connectivity index (χ3n) is 4.11. The van der Waals surface area contributed by atoms with Crippen LogP contribution in [0.25, 0.3) is 0 Å². The molecule has 0 aliphatic carbocycles. The zero-order valence-electron chi connectivity index (χ0n) is 13.1. The van der Waals surface area contributed by atoms with E-state index in [4.69, 9.17) is 15.0 Å². The van der Waals surface area contributed by atoms with E-state index in [1.165, 1.54) is 10.6 Å². The molecule has 0 fully saturated rings. The first-order valence-electron chi connectivity index (χ1n) is 7.64. The van der Waals surface area contributed by atoms with Crippen LogP contribution in [-0.2, 0) is 0 Å². The highest BCUT2D eigenvalue weighted by Gasteiger charge is 2.35. The Bertz CT molecular complexity index is 870. The smallest absolute Gasteiger partial charge is 0.256 e. The van der Waals surface area contributed by atoms with Crippen LogP contribution in [0.2, 0.25) is 0 Å². The van der Waals surface area contributed by atoms with E-state index in [1.54, 1.807) is 36.5 Å². The van der Waals surface area contributed by atoms with Crippen LogP contribution in [0.4, 0.5) is 0 Å². The van der Waals surface area contributed by atoms with Gasteiger partial charge >= 0.3 is 0 Å². The Hall–Kier alpha value is -2.87. The van der Waals surface area contributed by atoms with Gasteiger partial charge in [0.25, 0.3) is 5.56 Å². The van der Waals surface area contributed by atoms with Crippen LogP contribution in [0.5, 0.6) is 5.75 Å².